The number of hydrogen-bond acceptors (Lipinski definition) is 5. The number of anilines is 1. The standard InChI is InChI=1S/C20H28N2O5/c1-3-5-14-27-19(24)16-6-8-17(9-7-16)21-18(23)15-10-12-22(13-11-15)20(25)26-4-2/h6-9,15H,3-5,10-14H2,1-2H3,(H,21,23). The normalized spacial score (nSPS) is 14.5. The van der Waals surface area contributed by atoms with Crippen LogP contribution >= 0.6 is 0 Å². The highest BCUT2D eigenvalue weighted by molar-refractivity contribution is 5.94. The van der Waals surface area contributed by atoms with Gasteiger partial charge in [-0.05, 0) is 50.5 Å². The maximum atomic E-state index is 12.4. The summed E-state index contributed by atoms with van der Waals surface area (Å²) in [5.74, 6) is -0.571. The summed E-state index contributed by atoms with van der Waals surface area (Å²) in [6.07, 6.45) is 2.70. The van der Waals surface area contributed by atoms with E-state index in [-0.39, 0.29) is 23.9 Å². The van der Waals surface area contributed by atoms with Crippen LogP contribution in [0.1, 0.15) is 49.9 Å². The molecule has 0 bridgehead atoms. The van der Waals surface area contributed by atoms with Gasteiger partial charge in [-0.3, -0.25) is 4.79 Å². The Kier molecular flexibility index (Phi) is 8.10. The van der Waals surface area contributed by atoms with E-state index in [1.165, 1.54) is 0 Å². The van der Waals surface area contributed by atoms with Crippen LogP contribution in [-0.2, 0) is 14.3 Å². The van der Waals surface area contributed by atoms with E-state index >= 15 is 0 Å². The van der Waals surface area contributed by atoms with Gasteiger partial charge < -0.3 is 19.7 Å². The van der Waals surface area contributed by atoms with Gasteiger partial charge in [0.1, 0.15) is 0 Å². The van der Waals surface area contributed by atoms with Crippen molar-refractivity contribution in [2.24, 2.45) is 5.92 Å². The fourth-order valence-electron chi connectivity index (χ4n) is 2.87. The Hall–Kier alpha value is -2.57. The Morgan fingerprint density at radius 1 is 1.07 bits per heavy atom. The molecule has 0 radical (unpaired) electrons. The highest BCUT2D eigenvalue weighted by Gasteiger charge is 2.28. The quantitative estimate of drug-likeness (QED) is 0.582. The number of hydrogen-bond donors (Lipinski definition) is 1. The van der Waals surface area contributed by atoms with Crippen molar-refractivity contribution in [3.05, 3.63) is 29.8 Å². The average molecular weight is 376 g/mol. The van der Waals surface area contributed by atoms with Crippen molar-refractivity contribution in [2.75, 3.05) is 31.6 Å². The largest absolute Gasteiger partial charge is 0.462 e. The van der Waals surface area contributed by atoms with Gasteiger partial charge in [0.05, 0.1) is 18.8 Å². The first-order valence-corrected chi connectivity index (χ1v) is 9.54. The third-order valence-corrected chi connectivity index (χ3v) is 4.51. The summed E-state index contributed by atoms with van der Waals surface area (Å²) in [6, 6.07) is 6.69. The lowest BCUT2D eigenvalue weighted by atomic mass is 9.96. The van der Waals surface area contributed by atoms with Crippen LogP contribution in [0.4, 0.5) is 10.5 Å². The molecule has 0 atom stereocenters. The van der Waals surface area contributed by atoms with Crippen LogP contribution in [0, 0.1) is 5.92 Å². The van der Waals surface area contributed by atoms with E-state index in [0.29, 0.717) is 50.4 Å². The molecule has 1 heterocycles. The lowest BCUT2D eigenvalue weighted by molar-refractivity contribution is -0.121. The third kappa shape index (κ3) is 6.27. The minimum Gasteiger partial charge on any atom is -0.462 e. The molecule has 1 aromatic rings. The van der Waals surface area contributed by atoms with Crippen LogP contribution in [-0.4, -0.2) is 49.2 Å². The molecular weight excluding hydrogens is 348 g/mol. The molecule has 0 spiro atoms. The van der Waals surface area contributed by atoms with Gasteiger partial charge in [-0.25, -0.2) is 9.59 Å². The summed E-state index contributed by atoms with van der Waals surface area (Å²) in [5, 5.41) is 2.87. The number of ether oxygens (including phenoxy) is 2. The second kappa shape index (κ2) is 10.5. The molecular formula is C20H28N2O5. The SMILES string of the molecule is CCCCOC(=O)c1ccc(NC(=O)C2CCN(C(=O)OCC)CC2)cc1. The number of carbonyl (C=O) groups is 3. The minimum atomic E-state index is -0.354. The van der Waals surface area contributed by atoms with Crippen LogP contribution in [0.3, 0.4) is 0 Å². The number of unbranched alkanes of at least 4 members (excludes halogenated alkanes) is 1. The van der Waals surface area contributed by atoms with Crippen LogP contribution in [0.15, 0.2) is 24.3 Å². The van der Waals surface area contributed by atoms with Gasteiger partial charge in [-0.2, -0.15) is 0 Å². The summed E-state index contributed by atoms with van der Waals surface area (Å²) in [6.45, 7) is 5.60. The maximum Gasteiger partial charge on any atom is 0.409 e. The van der Waals surface area contributed by atoms with Gasteiger partial charge in [-0.1, -0.05) is 13.3 Å². The number of piperidine rings is 1. The molecule has 2 amide bonds. The number of amides is 2. The van der Waals surface area contributed by atoms with E-state index in [9.17, 15) is 14.4 Å². The molecule has 1 aliphatic rings. The topological polar surface area (TPSA) is 84.9 Å². The molecule has 1 fully saturated rings. The van der Waals surface area contributed by atoms with Crippen molar-refractivity contribution >= 4 is 23.7 Å². The van der Waals surface area contributed by atoms with Crippen LogP contribution in [0.5, 0.6) is 0 Å². The highest BCUT2D eigenvalue weighted by atomic mass is 16.6. The number of esters is 1. The number of nitrogens with zero attached hydrogens (tertiary/aromatic N) is 1. The first-order chi connectivity index (χ1) is 13.0. The number of carbonyl (C=O) groups excluding carboxylic acids is 3. The lowest BCUT2D eigenvalue weighted by Crippen LogP contribution is -2.41. The maximum absolute atomic E-state index is 12.4. The van der Waals surface area contributed by atoms with Gasteiger partial charge in [0, 0.05) is 24.7 Å². The van der Waals surface area contributed by atoms with Gasteiger partial charge in [-0.15, -0.1) is 0 Å². The third-order valence-electron chi connectivity index (χ3n) is 4.51. The van der Waals surface area contributed by atoms with E-state index < -0.39 is 0 Å². The van der Waals surface area contributed by atoms with E-state index in [2.05, 4.69) is 5.32 Å². The highest BCUT2D eigenvalue weighted by Crippen LogP contribution is 2.20. The van der Waals surface area contributed by atoms with E-state index in [1.54, 1.807) is 36.1 Å². The van der Waals surface area contributed by atoms with Crippen molar-refractivity contribution in [3.8, 4) is 0 Å². The lowest BCUT2D eigenvalue weighted by Gasteiger charge is -2.30. The molecule has 27 heavy (non-hydrogen) atoms. The fourth-order valence-corrected chi connectivity index (χ4v) is 2.87. The molecule has 1 aromatic carbocycles. The van der Waals surface area contributed by atoms with Crippen LogP contribution < -0.4 is 5.32 Å². The van der Waals surface area contributed by atoms with Crippen molar-refractivity contribution in [1.82, 2.24) is 4.90 Å². The Morgan fingerprint density at radius 3 is 2.33 bits per heavy atom. The zero-order valence-electron chi connectivity index (χ0n) is 16.0. The van der Waals surface area contributed by atoms with E-state index in [0.717, 1.165) is 12.8 Å². The van der Waals surface area contributed by atoms with E-state index in [4.69, 9.17) is 9.47 Å². The molecule has 0 saturated carbocycles. The number of nitrogens with one attached hydrogen (secondary N) is 1. The van der Waals surface area contributed by atoms with Crippen LogP contribution in [0.2, 0.25) is 0 Å². The van der Waals surface area contributed by atoms with Gasteiger partial charge in [0.25, 0.3) is 0 Å². The Morgan fingerprint density at radius 2 is 1.74 bits per heavy atom. The zero-order valence-corrected chi connectivity index (χ0v) is 16.0. The van der Waals surface area contributed by atoms with Crippen molar-refractivity contribution < 1.29 is 23.9 Å². The first kappa shape index (κ1) is 20.7. The Balaban J connectivity index is 1.81. The van der Waals surface area contributed by atoms with Crippen molar-refractivity contribution in [3.63, 3.8) is 0 Å². The van der Waals surface area contributed by atoms with Gasteiger partial charge >= 0.3 is 12.1 Å². The Bertz CT molecular complexity index is 636. The summed E-state index contributed by atoms with van der Waals surface area (Å²) < 4.78 is 10.1. The number of likely N-dealkylation sites (tertiary alicyclic amines) is 1. The summed E-state index contributed by atoms with van der Waals surface area (Å²) >= 11 is 0. The van der Waals surface area contributed by atoms with Crippen molar-refractivity contribution in [1.29, 1.82) is 0 Å². The molecule has 148 valence electrons. The second-order valence-electron chi connectivity index (χ2n) is 6.52. The second-order valence-corrected chi connectivity index (χ2v) is 6.52. The molecule has 2 rings (SSSR count). The number of benzene rings is 1. The minimum absolute atomic E-state index is 0.0724. The molecule has 7 nitrogen and oxygen atoms in total. The summed E-state index contributed by atoms with van der Waals surface area (Å²) in [4.78, 5) is 37.6. The predicted octanol–water partition coefficient (Wildman–Crippen LogP) is 3.45. The summed E-state index contributed by atoms with van der Waals surface area (Å²) in [7, 11) is 0. The van der Waals surface area contributed by atoms with E-state index in [1.807, 2.05) is 6.92 Å². The molecule has 0 aromatic heterocycles. The molecule has 0 unspecified atom stereocenters. The fraction of sp³-hybridized carbons (Fsp3) is 0.550. The monoisotopic (exact) mass is 376 g/mol. The smallest absolute Gasteiger partial charge is 0.409 e. The van der Waals surface area contributed by atoms with Crippen molar-refractivity contribution in [2.45, 2.75) is 39.5 Å². The zero-order chi connectivity index (χ0) is 19.6. The average Bonchev–Trinajstić information content (AvgIpc) is 2.69. The molecule has 1 saturated heterocycles. The van der Waals surface area contributed by atoms with Gasteiger partial charge in [0.2, 0.25) is 5.91 Å². The Labute approximate surface area is 160 Å². The molecule has 0 aliphatic carbocycles. The molecule has 7 heteroatoms. The number of rotatable bonds is 7. The van der Waals surface area contributed by atoms with Gasteiger partial charge in [0.15, 0.2) is 0 Å². The van der Waals surface area contributed by atoms with Crippen LogP contribution in [0.25, 0.3) is 0 Å². The first-order valence-electron chi connectivity index (χ1n) is 9.54. The molecule has 1 N–H and O–H groups in total. The summed E-state index contributed by atoms with van der Waals surface area (Å²) in [5.41, 5.74) is 1.10. The predicted molar refractivity (Wildman–Crippen MR) is 102 cm³/mol. The molecule has 1 aliphatic heterocycles.